The van der Waals surface area contributed by atoms with Crippen LogP contribution in [0.2, 0.25) is 0 Å². The molecule has 0 amide bonds. The van der Waals surface area contributed by atoms with Crippen molar-refractivity contribution in [3.05, 3.63) is 23.3 Å². The van der Waals surface area contributed by atoms with E-state index in [2.05, 4.69) is 47.1 Å². The minimum Gasteiger partial charge on any atom is -0.311 e. The third-order valence-electron chi connectivity index (χ3n) is 3.35. The molecule has 1 aliphatic heterocycles. The Bertz CT molecular complexity index is 391. The molecule has 4 nitrogen and oxygen atoms in total. The highest BCUT2D eigenvalue weighted by Gasteiger charge is 2.18. The largest absolute Gasteiger partial charge is 0.311 e. The highest BCUT2D eigenvalue weighted by atomic mass is 15.2. The maximum atomic E-state index is 4.67. The van der Waals surface area contributed by atoms with Crippen molar-refractivity contribution < 1.29 is 0 Å². The highest BCUT2D eigenvalue weighted by molar-refractivity contribution is 5.11. The molecule has 1 atom stereocenters. The smallest absolute Gasteiger partial charge is 0.130 e. The standard InChI is InChI=1S/C14H24N4/c1-4-5-12-8-11(2)16-14(17-12)9-13-10-18(3)7-6-15-13/h8,13,15H,4-7,9-10H2,1-3H3. The average molecular weight is 248 g/mol. The Morgan fingerprint density at radius 2 is 2.28 bits per heavy atom. The summed E-state index contributed by atoms with van der Waals surface area (Å²) in [5.41, 5.74) is 2.27. The number of aryl methyl sites for hydroxylation is 2. The van der Waals surface area contributed by atoms with Crippen molar-refractivity contribution in [1.29, 1.82) is 0 Å². The van der Waals surface area contributed by atoms with E-state index in [1.807, 2.05) is 0 Å². The lowest BCUT2D eigenvalue weighted by Crippen LogP contribution is -2.50. The maximum absolute atomic E-state index is 4.67. The van der Waals surface area contributed by atoms with Crippen LogP contribution in [0.5, 0.6) is 0 Å². The van der Waals surface area contributed by atoms with Gasteiger partial charge in [-0.25, -0.2) is 9.97 Å². The van der Waals surface area contributed by atoms with Crippen molar-refractivity contribution in [2.24, 2.45) is 0 Å². The van der Waals surface area contributed by atoms with Gasteiger partial charge in [-0.15, -0.1) is 0 Å². The van der Waals surface area contributed by atoms with Gasteiger partial charge >= 0.3 is 0 Å². The molecule has 2 rings (SSSR count). The molecule has 0 bridgehead atoms. The number of hydrogen-bond donors (Lipinski definition) is 1. The minimum atomic E-state index is 0.486. The second-order valence-corrected chi connectivity index (χ2v) is 5.28. The predicted octanol–water partition coefficient (Wildman–Crippen LogP) is 1.18. The number of hydrogen-bond acceptors (Lipinski definition) is 4. The molecule has 1 aromatic heterocycles. The average Bonchev–Trinajstić information content (AvgIpc) is 2.28. The molecule has 18 heavy (non-hydrogen) atoms. The summed E-state index contributed by atoms with van der Waals surface area (Å²) in [6, 6.07) is 2.59. The summed E-state index contributed by atoms with van der Waals surface area (Å²) in [4.78, 5) is 11.6. The van der Waals surface area contributed by atoms with E-state index in [0.717, 1.165) is 50.4 Å². The Morgan fingerprint density at radius 3 is 3.00 bits per heavy atom. The van der Waals surface area contributed by atoms with Gasteiger partial charge in [0.05, 0.1) is 0 Å². The first-order valence-electron chi connectivity index (χ1n) is 6.92. The first-order chi connectivity index (χ1) is 8.67. The summed E-state index contributed by atoms with van der Waals surface area (Å²) in [5.74, 6) is 0.992. The lowest BCUT2D eigenvalue weighted by molar-refractivity contribution is 0.236. The van der Waals surface area contributed by atoms with Crippen LogP contribution in [0.25, 0.3) is 0 Å². The van der Waals surface area contributed by atoms with Gasteiger partial charge in [-0.2, -0.15) is 0 Å². The maximum Gasteiger partial charge on any atom is 0.130 e. The Balaban J connectivity index is 2.03. The summed E-state index contributed by atoms with van der Waals surface area (Å²) in [7, 11) is 2.17. The van der Waals surface area contributed by atoms with Crippen LogP contribution in [0.15, 0.2) is 6.07 Å². The molecule has 1 N–H and O–H groups in total. The van der Waals surface area contributed by atoms with Crippen molar-refractivity contribution in [2.75, 3.05) is 26.7 Å². The zero-order chi connectivity index (χ0) is 13.0. The van der Waals surface area contributed by atoms with E-state index in [4.69, 9.17) is 0 Å². The molecule has 100 valence electrons. The first kappa shape index (κ1) is 13.4. The van der Waals surface area contributed by atoms with E-state index in [1.165, 1.54) is 5.69 Å². The molecule has 0 radical (unpaired) electrons. The number of aromatic nitrogens is 2. The quantitative estimate of drug-likeness (QED) is 0.869. The fourth-order valence-corrected chi connectivity index (χ4v) is 2.52. The van der Waals surface area contributed by atoms with Crippen molar-refractivity contribution in [3.8, 4) is 0 Å². The Morgan fingerprint density at radius 1 is 1.44 bits per heavy atom. The molecule has 2 heterocycles. The van der Waals surface area contributed by atoms with Gasteiger partial charge in [-0.05, 0) is 26.5 Å². The van der Waals surface area contributed by atoms with E-state index in [1.54, 1.807) is 0 Å². The molecule has 1 fully saturated rings. The van der Waals surface area contributed by atoms with Crippen LogP contribution in [0.4, 0.5) is 0 Å². The zero-order valence-corrected chi connectivity index (χ0v) is 11.7. The summed E-state index contributed by atoms with van der Waals surface area (Å²) in [5, 5.41) is 3.55. The number of likely N-dealkylation sites (N-methyl/N-ethyl adjacent to an activating group) is 1. The third kappa shape index (κ3) is 3.75. The minimum absolute atomic E-state index is 0.486. The number of nitrogens with one attached hydrogen (secondary N) is 1. The van der Waals surface area contributed by atoms with Crippen molar-refractivity contribution >= 4 is 0 Å². The molecule has 0 aliphatic carbocycles. The molecule has 0 saturated carbocycles. The molecule has 1 unspecified atom stereocenters. The third-order valence-corrected chi connectivity index (χ3v) is 3.35. The molecule has 1 saturated heterocycles. The summed E-state index contributed by atoms with van der Waals surface area (Å²) >= 11 is 0. The summed E-state index contributed by atoms with van der Waals surface area (Å²) in [6.45, 7) is 7.53. The van der Waals surface area contributed by atoms with Gasteiger partial charge < -0.3 is 10.2 Å². The summed E-state index contributed by atoms with van der Waals surface area (Å²) < 4.78 is 0. The Hall–Kier alpha value is -1.00. The predicted molar refractivity (Wildman–Crippen MR) is 73.8 cm³/mol. The monoisotopic (exact) mass is 248 g/mol. The van der Waals surface area contributed by atoms with E-state index in [0.29, 0.717) is 6.04 Å². The van der Waals surface area contributed by atoms with Gasteiger partial charge in [0.1, 0.15) is 5.82 Å². The van der Waals surface area contributed by atoms with E-state index in [-0.39, 0.29) is 0 Å². The zero-order valence-electron chi connectivity index (χ0n) is 11.7. The van der Waals surface area contributed by atoms with E-state index in [9.17, 15) is 0 Å². The van der Waals surface area contributed by atoms with Crippen LogP contribution in [-0.2, 0) is 12.8 Å². The van der Waals surface area contributed by atoms with Crippen LogP contribution in [0.1, 0.15) is 30.6 Å². The topological polar surface area (TPSA) is 41.1 Å². The van der Waals surface area contributed by atoms with Gasteiger partial charge in [-0.3, -0.25) is 0 Å². The van der Waals surface area contributed by atoms with E-state index < -0.39 is 0 Å². The fourth-order valence-electron chi connectivity index (χ4n) is 2.52. The fraction of sp³-hybridized carbons (Fsp3) is 0.714. The lowest BCUT2D eigenvalue weighted by atomic mass is 10.1. The van der Waals surface area contributed by atoms with Crippen LogP contribution < -0.4 is 5.32 Å². The van der Waals surface area contributed by atoms with Crippen LogP contribution >= 0.6 is 0 Å². The molecule has 1 aliphatic rings. The van der Waals surface area contributed by atoms with Crippen molar-refractivity contribution in [2.45, 2.75) is 39.2 Å². The lowest BCUT2D eigenvalue weighted by Gasteiger charge is -2.30. The van der Waals surface area contributed by atoms with Crippen LogP contribution in [-0.4, -0.2) is 47.6 Å². The second-order valence-electron chi connectivity index (χ2n) is 5.28. The number of nitrogens with zero attached hydrogens (tertiary/aromatic N) is 3. The van der Waals surface area contributed by atoms with Crippen LogP contribution in [0, 0.1) is 6.92 Å². The van der Waals surface area contributed by atoms with Gasteiger partial charge in [0.2, 0.25) is 0 Å². The molecule has 0 aromatic carbocycles. The summed E-state index contributed by atoms with van der Waals surface area (Å²) in [6.07, 6.45) is 3.12. The van der Waals surface area contributed by atoms with Gasteiger partial charge in [0.25, 0.3) is 0 Å². The molecular formula is C14H24N4. The Kier molecular flexibility index (Phi) is 4.66. The van der Waals surface area contributed by atoms with E-state index >= 15 is 0 Å². The molecule has 0 spiro atoms. The Labute approximate surface area is 110 Å². The second kappa shape index (κ2) is 6.25. The molecular weight excluding hydrogens is 224 g/mol. The molecule has 4 heteroatoms. The number of rotatable bonds is 4. The molecule has 1 aromatic rings. The van der Waals surface area contributed by atoms with Gasteiger partial charge in [0, 0.05) is 43.5 Å². The van der Waals surface area contributed by atoms with Crippen LogP contribution in [0.3, 0.4) is 0 Å². The van der Waals surface area contributed by atoms with Crippen molar-refractivity contribution in [3.63, 3.8) is 0 Å². The highest BCUT2D eigenvalue weighted by Crippen LogP contribution is 2.07. The first-order valence-corrected chi connectivity index (χ1v) is 6.92. The van der Waals surface area contributed by atoms with Gasteiger partial charge in [-0.1, -0.05) is 13.3 Å². The van der Waals surface area contributed by atoms with Gasteiger partial charge in [0.15, 0.2) is 0 Å². The number of piperazine rings is 1. The van der Waals surface area contributed by atoms with Crippen molar-refractivity contribution in [1.82, 2.24) is 20.2 Å². The SMILES string of the molecule is CCCc1cc(C)nc(CC2CN(C)CCN2)n1. The normalized spacial score (nSPS) is 21.2.